The highest BCUT2D eigenvalue weighted by atomic mass is 19.4. The van der Waals surface area contributed by atoms with Crippen molar-refractivity contribution < 1.29 is 46.5 Å². The van der Waals surface area contributed by atoms with Crippen molar-refractivity contribution in [1.29, 1.82) is 0 Å². The normalized spacial score (nSPS) is 13.0. The first-order valence-corrected chi connectivity index (χ1v) is 15.4. The number of nitrogens with zero attached hydrogens (tertiary/aromatic N) is 4. The number of carbonyl (C=O) groups excluding carboxylic acids is 2. The average Bonchev–Trinajstić information content (AvgIpc) is 3.56. The zero-order valence-corrected chi connectivity index (χ0v) is 27.0. The van der Waals surface area contributed by atoms with Crippen LogP contribution < -0.4 is 9.64 Å². The Kier molecular flexibility index (Phi) is 10.7. The molecule has 1 aliphatic rings. The predicted molar refractivity (Wildman–Crippen MR) is 177 cm³/mol. The van der Waals surface area contributed by atoms with Crippen LogP contribution in [0.25, 0.3) is 27.8 Å². The van der Waals surface area contributed by atoms with Gasteiger partial charge in [0.2, 0.25) is 0 Å². The van der Waals surface area contributed by atoms with Crippen molar-refractivity contribution >= 4 is 34.3 Å². The Balaban J connectivity index is 0.000000630. The molecule has 2 heterocycles. The minimum absolute atomic E-state index is 0.200. The third kappa shape index (κ3) is 8.02. The van der Waals surface area contributed by atoms with Gasteiger partial charge < -0.3 is 24.4 Å². The lowest BCUT2D eigenvalue weighted by Crippen LogP contribution is -2.49. The molecule has 1 amide bonds. The monoisotopic (exact) mass is 692 g/mol. The zero-order valence-electron chi connectivity index (χ0n) is 27.0. The van der Waals surface area contributed by atoms with Gasteiger partial charge in [-0.05, 0) is 66.2 Å². The lowest BCUT2D eigenvalue weighted by Gasteiger charge is -2.36. The molecule has 10 nitrogen and oxygen atoms in total. The highest BCUT2D eigenvalue weighted by Crippen LogP contribution is 2.30. The van der Waals surface area contributed by atoms with Crippen molar-refractivity contribution in [3.05, 3.63) is 108 Å². The van der Waals surface area contributed by atoms with Crippen molar-refractivity contribution in [2.24, 2.45) is 0 Å². The van der Waals surface area contributed by atoms with E-state index in [1.807, 2.05) is 72.2 Å². The van der Waals surface area contributed by atoms with E-state index in [1.54, 1.807) is 23.2 Å². The molecule has 0 aliphatic carbocycles. The molecule has 1 fully saturated rings. The molecule has 0 atom stereocenters. The second-order valence-electron chi connectivity index (χ2n) is 11.0. The van der Waals surface area contributed by atoms with Crippen LogP contribution in [0.4, 0.5) is 23.2 Å². The number of hydrogen-bond donors (Lipinski definition) is 1. The molecule has 0 saturated carbocycles. The van der Waals surface area contributed by atoms with Gasteiger partial charge >= 0.3 is 18.1 Å². The van der Waals surface area contributed by atoms with Crippen LogP contribution in [0.15, 0.2) is 91.1 Å². The number of halogens is 4. The van der Waals surface area contributed by atoms with Crippen LogP contribution in [0.1, 0.15) is 27.8 Å². The van der Waals surface area contributed by atoms with Crippen molar-refractivity contribution in [3.8, 4) is 22.8 Å². The van der Waals surface area contributed by atoms with Gasteiger partial charge in [-0.25, -0.2) is 19.0 Å². The van der Waals surface area contributed by atoms with Gasteiger partial charge in [0.05, 0.1) is 30.7 Å². The van der Waals surface area contributed by atoms with Gasteiger partial charge in [0.1, 0.15) is 23.1 Å². The van der Waals surface area contributed by atoms with E-state index >= 15 is 0 Å². The zero-order chi connectivity index (χ0) is 36.0. The number of carboxylic acids is 1. The second-order valence-corrected chi connectivity index (χ2v) is 11.0. The number of rotatable bonds is 7. The molecule has 6 rings (SSSR count). The third-order valence-corrected chi connectivity index (χ3v) is 7.85. The number of esters is 1. The van der Waals surface area contributed by atoms with Crippen LogP contribution in [0.5, 0.6) is 5.75 Å². The molecule has 1 saturated heterocycles. The summed E-state index contributed by atoms with van der Waals surface area (Å²) in [7, 11) is 1.38. The molecule has 1 N–H and O–H groups in total. The van der Waals surface area contributed by atoms with Crippen molar-refractivity contribution in [2.75, 3.05) is 44.8 Å². The molecule has 50 heavy (non-hydrogen) atoms. The molecular formula is C36H32F4N4O6. The maximum Gasteiger partial charge on any atom is 0.490 e. The Morgan fingerprint density at radius 1 is 0.880 bits per heavy atom. The summed E-state index contributed by atoms with van der Waals surface area (Å²) in [5.74, 6) is -2.48. The number of ether oxygens (including phenoxy) is 2. The number of aliphatic carboxylic acids is 1. The Labute approximate surface area is 284 Å². The highest BCUT2D eigenvalue weighted by Gasteiger charge is 2.38. The molecule has 0 radical (unpaired) electrons. The van der Waals surface area contributed by atoms with E-state index in [-0.39, 0.29) is 17.4 Å². The first-order chi connectivity index (χ1) is 23.9. The summed E-state index contributed by atoms with van der Waals surface area (Å²) in [5, 5.41) is 9.11. The minimum atomic E-state index is -5.08. The summed E-state index contributed by atoms with van der Waals surface area (Å²) in [6, 6.07) is 25.3. The molecule has 4 aromatic carbocycles. The number of fused-ring (bicyclic) bond motifs is 1. The van der Waals surface area contributed by atoms with E-state index in [0.29, 0.717) is 55.5 Å². The molecule has 260 valence electrons. The van der Waals surface area contributed by atoms with Crippen LogP contribution in [0.2, 0.25) is 0 Å². The Morgan fingerprint density at radius 2 is 1.52 bits per heavy atom. The van der Waals surface area contributed by atoms with Crippen molar-refractivity contribution in [2.45, 2.75) is 13.1 Å². The topological polar surface area (TPSA) is 114 Å². The Morgan fingerprint density at radius 3 is 2.12 bits per heavy atom. The van der Waals surface area contributed by atoms with Crippen LogP contribution in [0.3, 0.4) is 0 Å². The molecule has 0 unspecified atom stereocenters. The number of imidazole rings is 1. The quantitative estimate of drug-likeness (QED) is 0.150. The predicted octanol–water partition coefficient (Wildman–Crippen LogP) is 6.61. The Bertz CT molecular complexity index is 2000. The highest BCUT2D eigenvalue weighted by molar-refractivity contribution is 6.02. The van der Waals surface area contributed by atoms with Crippen LogP contribution in [-0.4, -0.2) is 83.5 Å². The lowest BCUT2D eigenvalue weighted by molar-refractivity contribution is -0.192. The number of aromatic nitrogens is 2. The summed E-state index contributed by atoms with van der Waals surface area (Å²) in [6.07, 6.45) is -3.36. The maximum atomic E-state index is 13.8. The fourth-order valence-corrected chi connectivity index (χ4v) is 5.45. The molecule has 5 aromatic rings. The van der Waals surface area contributed by atoms with E-state index in [9.17, 15) is 27.2 Å². The average molecular weight is 693 g/mol. The van der Waals surface area contributed by atoms with Gasteiger partial charge in [0.15, 0.2) is 0 Å². The smallest absolute Gasteiger partial charge is 0.490 e. The third-order valence-electron chi connectivity index (χ3n) is 7.85. The number of carbonyl (C=O) groups is 3. The van der Waals surface area contributed by atoms with Gasteiger partial charge in [-0.1, -0.05) is 30.3 Å². The van der Waals surface area contributed by atoms with Gasteiger partial charge in [-0.15, -0.1) is 0 Å². The van der Waals surface area contributed by atoms with E-state index in [0.717, 1.165) is 22.1 Å². The number of alkyl halides is 3. The van der Waals surface area contributed by atoms with Gasteiger partial charge in [0, 0.05) is 44.0 Å². The molecule has 14 heteroatoms. The number of hydrogen-bond acceptors (Lipinski definition) is 7. The minimum Gasteiger partial charge on any atom is -0.494 e. The van der Waals surface area contributed by atoms with E-state index in [1.165, 1.54) is 19.2 Å². The summed E-state index contributed by atoms with van der Waals surface area (Å²) in [6.45, 7) is 4.41. The van der Waals surface area contributed by atoms with Gasteiger partial charge in [-0.3, -0.25) is 9.36 Å². The number of amides is 1. The molecule has 1 aliphatic heterocycles. The van der Waals surface area contributed by atoms with E-state index in [2.05, 4.69) is 4.90 Å². The SMILES string of the molecule is CCOc1cccc(-n2cc(C(=O)N3CCN(c4cc5ccccc5cc4C(=O)OC)CC3)nc2-c2ccc(F)cc2)c1.O=C(O)C(F)(F)F. The van der Waals surface area contributed by atoms with Gasteiger partial charge in [-0.2, -0.15) is 13.2 Å². The first-order valence-electron chi connectivity index (χ1n) is 15.4. The fraction of sp³-hybridized carbons (Fsp3) is 0.222. The molecule has 1 aromatic heterocycles. The Hall–Kier alpha value is -5.92. The van der Waals surface area contributed by atoms with Gasteiger partial charge in [0.25, 0.3) is 5.91 Å². The summed E-state index contributed by atoms with van der Waals surface area (Å²) in [5.41, 5.74) is 3.02. The number of carboxylic acid groups (broad SMARTS) is 1. The molecule has 0 bridgehead atoms. The van der Waals surface area contributed by atoms with Crippen LogP contribution >= 0.6 is 0 Å². The molecular weight excluding hydrogens is 660 g/mol. The van der Waals surface area contributed by atoms with E-state index < -0.39 is 18.1 Å². The molecule has 0 spiro atoms. The van der Waals surface area contributed by atoms with Crippen LogP contribution in [0, 0.1) is 5.82 Å². The fourth-order valence-electron chi connectivity index (χ4n) is 5.45. The largest absolute Gasteiger partial charge is 0.494 e. The number of benzene rings is 4. The van der Waals surface area contributed by atoms with Crippen molar-refractivity contribution in [1.82, 2.24) is 14.5 Å². The summed E-state index contributed by atoms with van der Waals surface area (Å²) in [4.78, 5) is 43.9. The van der Waals surface area contributed by atoms with E-state index in [4.69, 9.17) is 24.4 Å². The maximum absolute atomic E-state index is 13.8. The standard InChI is InChI=1S/C34H31FN4O4.C2HF3O2/c1-3-43-28-10-6-9-27(21-28)39-22-30(36-32(39)23-11-13-26(35)14-12-23)33(40)38-17-15-37(16-18-38)31-20-25-8-5-4-7-24(25)19-29(31)34(41)42-2;3-2(4,5)1(6)7/h4-14,19-22H,3,15-18H2,1-2H3;(H,6,7). The number of piperazine rings is 1. The van der Waals surface area contributed by atoms with Crippen molar-refractivity contribution in [3.63, 3.8) is 0 Å². The number of methoxy groups -OCH3 is 1. The lowest BCUT2D eigenvalue weighted by atomic mass is 10.0. The summed E-state index contributed by atoms with van der Waals surface area (Å²) < 4.78 is 58.1. The van der Waals surface area contributed by atoms with Crippen LogP contribution in [-0.2, 0) is 9.53 Å². The first kappa shape index (κ1) is 35.4. The number of anilines is 1. The summed E-state index contributed by atoms with van der Waals surface area (Å²) >= 11 is 0. The second kappa shape index (κ2) is 15.1.